The molecule has 4 rings (SSSR count). The lowest BCUT2D eigenvalue weighted by Crippen LogP contribution is -2.37. The van der Waals surface area contributed by atoms with Crippen molar-refractivity contribution in [3.05, 3.63) is 64.6 Å². The molecule has 1 aromatic carbocycles. The van der Waals surface area contributed by atoms with Crippen LogP contribution in [0.15, 0.2) is 46.2 Å². The molecule has 3 aromatic rings. The topological polar surface area (TPSA) is 46.3 Å². The summed E-state index contributed by atoms with van der Waals surface area (Å²) in [7, 11) is 0. The van der Waals surface area contributed by atoms with Crippen LogP contribution in [-0.2, 0) is 11.2 Å². The predicted molar refractivity (Wildman–Crippen MR) is 103 cm³/mol. The van der Waals surface area contributed by atoms with Gasteiger partial charge in [-0.05, 0) is 44.2 Å². The molecule has 1 aliphatic carbocycles. The van der Waals surface area contributed by atoms with Crippen LogP contribution in [0.25, 0.3) is 10.8 Å². The monoisotopic (exact) mass is 384 g/mol. The standard InChI is InChI=1S/C21H21FN2O2S/c1-13(16-6-3-4-7-17(16)22)24(15-9-10-15)20(25)12-18-14(2)26-21(23-18)19-8-5-11-27-19/h3-8,11,13,15H,9-10,12H2,1-2H3. The smallest absolute Gasteiger partial charge is 0.236 e. The van der Waals surface area contributed by atoms with E-state index < -0.39 is 0 Å². The number of nitrogens with zero attached hydrogens (tertiary/aromatic N) is 2. The zero-order valence-corrected chi connectivity index (χ0v) is 16.1. The molecular formula is C21H21FN2O2S. The lowest BCUT2D eigenvalue weighted by molar-refractivity contribution is -0.133. The van der Waals surface area contributed by atoms with Crippen LogP contribution in [0.3, 0.4) is 0 Å². The number of hydrogen-bond acceptors (Lipinski definition) is 4. The van der Waals surface area contributed by atoms with Crippen LogP contribution in [0.2, 0.25) is 0 Å². The van der Waals surface area contributed by atoms with Gasteiger partial charge in [-0.15, -0.1) is 11.3 Å². The highest BCUT2D eigenvalue weighted by atomic mass is 32.1. The Kier molecular flexibility index (Phi) is 4.83. The van der Waals surface area contributed by atoms with E-state index in [9.17, 15) is 9.18 Å². The van der Waals surface area contributed by atoms with E-state index in [1.165, 1.54) is 6.07 Å². The summed E-state index contributed by atoms with van der Waals surface area (Å²) in [6.45, 7) is 3.72. The zero-order valence-electron chi connectivity index (χ0n) is 15.3. The summed E-state index contributed by atoms with van der Waals surface area (Å²) in [5.41, 5.74) is 1.20. The van der Waals surface area contributed by atoms with Crippen LogP contribution in [0.1, 0.15) is 42.8 Å². The van der Waals surface area contributed by atoms with Gasteiger partial charge in [-0.25, -0.2) is 9.37 Å². The van der Waals surface area contributed by atoms with Crippen molar-refractivity contribution in [2.45, 2.75) is 45.2 Å². The molecule has 1 fully saturated rings. The molecule has 1 unspecified atom stereocenters. The number of halogens is 1. The Bertz CT molecular complexity index is 947. The number of oxazole rings is 1. The Morgan fingerprint density at radius 2 is 2.11 bits per heavy atom. The van der Waals surface area contributed by atoms with E-state index in [4.69, 9.17) is 4.42 Å². The van der Waals surface area contributed by atoms with Crippen LogP contribution >= 0.6 is 11.3 Å². The molecule has 0 spiro atoms. The van der Waals surface area contributed by atoms with Crippen molar-refractivity contribution in [3.8, 4) is 10.8 Å². The van der Waals surface area contributed by atoms with Gasteiger partial charge >= 0.3 is 0 Å². The predicted octanol–water partition coefficient (Wildman–Crippen LogP) is 5.15. The molecule has 0 radical (unpaired) electrons. The van der Waals surface area contributed by atoms with Gasteiger partial charge < -0.3 is 9.32 Å². The number of carbonyl (C=O) groups is 1. The minimum absolute atomic E-state index is 0.0395. The average molecular weight is 384 g/mol. The summed E-state index contributed by atoms with van der Waals surface area (Å²) in [4.78, 5) is 20.4. The van der Waals surface area contributed by atoms with E-state index in [0.717, 1.165) is 17.7 Å². The van der Waals surface area contributed by atoms with Crippen LogP contribution in [0.4, 0.5) is 4.39 Å². The average Bonchev–Trinajstić information content (AvgIpc) is 3.18. The van der Waals surface area contributed by atoms with Crippen LogP contribution < -0.4 is 0 Å². The first kappa shape index (κ1) is 17.9. The maximum atomic E-state index is 14.2. The van der Waals surface area contributed by atoms with Crippen molar-refractivity contribution in [1.82, 2.24) is 9.88 Å². The van der Waals surface area contributed by atoms with E-state index >= 15 is 0 Å². The number of benzene rings is 1. The van der Waals surface area contributed by atoms with Crippen molar-refractivity contribution < 1.29 is 13.6 Å². The lowest BCUT2D eigenvalue weighted by atomic mass is 10.1. The van der Waals surface area contributed by atoms with Gasteiger partial charge in [0.1, 0.15) is 11.6 Å². The molecule has 1 atom stereocenters. The summed E-state index contributed by atoms with van der Waals surface area (Å²) in [5, 5.41) is 1.96. The Morgan fingerprint density at radius 3 is 2.78 bits per heavy atom. The van der Waals surface area contributed by atoms with Crippen LogP contribution in [-0.4, -0.2) is 21.8 Å². The highest BCUT2D eigenvalue weighted by Crippen LogP contribution is 2.36. The molecule has 1 saturated carbocycles. The van der Waals surface area contributed by atoms with Gasteiger partial charge in [-0.3, -0.25) is 4.79 Å². The third-order valence-electron chi connectivity index (χ3n) is 4.94. The maximum Gasteiger partial charge on any atom is 0.236 e. The van der Waals surface area contributed by atoms with Gasteiger partial charge in [0.05, 0.1) is 23.0 Å². The summed E-state index contributed by atoms with van der Waals surface area (Å²) < 4.78 is 20.0. The minimum atomic E-state index is -0.310. The zero-order chi connectivity index (χ0) is 19.0. The molecule has 4 nitrogen and oxygen atoms in total. The lowest BCUT2D eigenvalue weighted by Gasteiger charge is -2.30. The maximum absolute atomic E-state index is 14.2. The van der Waals surface area contributed by atoms with Crippen molar-refractivity contribution in [2.75, 3.05) is 0 Å². The molecule has 140 valence electrons. The van der Waals surface area contributed by atoms with E-state index in [-0.39, 0.29) is 30.2 Å². The molecule has 2 heterocycles. The molecule has 0 bridgehead atoms. The SMILES string of the molecule is Cc1oc(-c2cccs2)nc1CC(=O)N(C1CC1)C(C)c1ccccc1F. The number of aryl methyl sites for hydroxylation is 1. The van der Waals surface area contributed by atoms with Gasteiger partial charge in [0.2, 0.25) is 11.8 Å². The van der Waals surface area contributed by atoms with Gasteiger partial charge in [0.25, 0.3) is 0 Å². The van der Waals surface area contributed by atoms with Crippen molar-refractivity contribution in [1.29, 1.82) is 0 Å². The number of aromatic nitrogens is 1. The molecular weight excluding hydrogens is 363 g/mol. The van der Waals surface area contributed by atoms with E-state index in [1.54, 1.807) is 29.5 Å². The van der Waals surface area contributed by atoms with Crippen molar-refractivity contribution >= 4 is 17.2 Å². The second-order valence-electron chi connectivity index (χ2n) is 6.91. The Hall–Kier alpha value is -2.47. The number of carbonyl (C=O) groups excluding carboxylic acids is 1. The summed E-state index contributed by atoms with van der Waals surface area (Å²) >= 11 is 1.55. The second-order valence-corrected chi connectivity index (χ2v) is 7.85. The molecule has 0 saturated heterocycles. The highest BCUT2D eigenvalue weighted by Gasteiger charge is 2.37. The van der Waals surface area contributed by atoms with Gasteiger partial charge in [0.15, 0.2) is 0 Å². The fraction of sp³-hybridized carbons (Fsp3) is 0.333. The first-order valence-corrected chi connectivity index (χ1v) is 9.98. The summed E-state index contributed by atoms with van der Waals surface area (Å²) in [6.07, 6.45) is 2.08. The van der Waals surface area contributed by atoms with Gasteiger partial charge in [-0.2, -0.15) is 0 Å². The molecule has 2 aromatic heterocycles. The Morgan fingerprint density at radius 1 is 1.33 bits per heavy atom. The molecule has 1 amide bonds. The number of amides is 1. The highest BCUT2D eigenvalue weighted by molar-refractivity contribution is 7.13. The van der Waals surface area contributed by atoms with E-state index in [1.807, 2.05) is 36.3 Å². The van der Waals surface area contributed by atoms with Gasteiger partial charge in [-0.1, -0.05) is 24.3 Å². The normalized spacial score (nSPS) is 14.9. The number of thiophene rings is 1. The fourth-order valence-corrected chi connectivity index (χ4v) is 4.03. The van der Waals surface area contributed by atoms with Crippen LogP contribution in [0.5, 0.6) is 0 Å². The number of hydrogen-bond donors (Lipinski definition) is 0. The molecule has 0 aliphatic heterocycles. The molecule has 0 N–H and O–H groups in total. The van der Waals surface area contributed by atoms with Crippen LogP contribution in [0, 0.1) is 12.7 Å². The third-order valence-corrected chi connectivity index (χ3v) is 5.80. The first-order chi connectivity index (χ1) is 13.0. The van der Waals surface area contributed by atoms with Crippen molar-refractivity contribution in [2.24, 2.45) is 0 Å². The Labute approximate surface area is 161 Å². The van der Waals surface area contributed by atoms with E-state index in [0.29, 0.717) is 22.9 Å². The van der Waals surface area contributed by atoms with E-state index in [2.05, 4.69) is 4.98 Å². The first-order valence-electron chi connectivity index (χ1n) is 9.10. The molecule has 6 heteroatoms. The summed E-state index contributed by atoms with van der Waals surface area (Å²) in [6, 6.07) is 10.4. The van der Waals surface area contributed by atoms with Crippen molar-refractivity contribution in [3.63, 3.8) is 0 Å². The van der Waals surface area contributed by atoms with Gasteiger partial charge in [0, 0.05) is 11.6 Å². The largest absolute Gasteiger partial charge is 0.440 e. The molecule has 1 aliphatic rings. The quantitative estimate of drug-likeness (QED) is 0.591. The Balaban J connectivity index is 1.56. The summed E-state index contributed by atoms with van der Waals surface area (Å²) in [5.74, 6) is 0.884. The minimum Gasteiger partial charge on any atom is -0.440 e. The molecule has 27 heavy (non-hydrogen) atoms. The number of rotatable bonds is 6. The third kappa shape index (κ3) is 3.67. The fourth-order valence-electron chi connectivity index (χ4n) is 3.38. The second kappa shape index (κ2) is 7.27.